The van der Waals surface area contributed by atoms with Crippen LogP contribution in [0.5, 0.6) is 5.75 Å². The van der Waals surface area contributed by atoms with Crippen LogP contribution >= 0.6 is 0 Å². The Morgan fingerprint density at radius 1 is 1.12 bits per heavy atom. The molecule has 2 aromatic rings. The molecule has 1 N–H and O–H groups in total. The van der Waals surface area contributed by atoms with E-state index in [1.54, 1.807) is 12.0 Å². The van der Waals surface area contributed by atoms with Crippen molar-refractivity contribution in [2.24, 2.45) is 0 Å². The number of ether oxygens (including phenoxy) is 1. The van der Waals surface area contributed by atoms with Gasteiger partial charge in [-0.3, -0.25) is 4.79 Å². The maximum absolute atomic E-state index is 12.3. The quantitative estimate of drug-likeness (QED) is 0.596. The van der Waals surface area contributed by atoms with Crippen molar-refractivity contribution in [1.29, 1.82) is 0 Å². The fraction of sp³-hybridized carbons (Fsp3) is 0.316. The Morgan fingerprint density at radius 2 is 1.75 bits per heavy atom. The van der Waals surface area contributed by atoms with Gasteiger partial charge in [0.1, 0.15) is 5.75 Å². The van der Waals surface area contributed by atoms with Gasteiger partial charge in [-0.25, -0.2) is 0 Å². The van der Waals surface area contributed by atoms with Gasteiger partial charge >= 0.3 is 0 Å². The van der Waals surface area contributed by atoms with E-state index in [0.717, 1.165) is 23.3 Å². The minimum atomic E-state index is -0.954. The molecular weight excluding hydrogens is 517 g/mol. The van der Waals surface area contributed by atoms with Gasteiger partial charge in [-0.05, 0) is 29.7 Å². The standard InChI is InChI=1S/C19H21NO3.Ac/c1-3-16(13-9-11-15(23-2)12-10-13)20-17(18(21)19(20)22)14-7-5-4-6-8-14;/h4-12,16-18,21H,3H2,1-2H3;/t16-,17?,18?;/m0./s1. The number of nitrogens with zero attached hydrogens (tertiary/aromatic N) is 1. The zero-order chi connectivity index (χ0) is 16.4. The molecule has 0 bridgehead atoms. The molecule has 1 aliphatic heterocycles. The Kier molecular flexibility index (Phi) is 6.86. The van der Waals surface area contributed by atoms with Gasteiger partial charge in [-0.2, -0.15) is 0 Å². The van der Waals surface area contributed by atoms with E-state index in [1.807, 2.05) is 54.6 Å². The number of methoxy groups -OCH3 is 1. The Hall–Kier alpha value is -0.888. The molecule has 5 heteroatoms. The van der Waals surface area contributed by atoms with Crippen LogP contribution in [0, 0.1) is 44.1 Å². The first-order chi connectivity index (χ1) is 11.2. The summed E-state index contributed by atoms with van der Waals surface area (Å²) in [6, 6.07) is 17.1. The average Bonchev–Trinajstić information content (AvgIpc) is 2.62. The first-order valence-corrected chi connectivity index (χ1v) is 7.86. The molecule has 2 unspecified atom stereocenters. The molecule has 1 radical (unpaired) electrons. The topological polar surface area (TPSA) is 49.8 Å². The molecule has 0 aromatic heterocycles. The Bertz CT molecular complexity index is 675. The van der Waals surface area contributed by atoms with Gasteiger partial charge in [0.2, 0.25) is 0 Å². The second kappa shape index (κ2) is 8.47. The van der Waals surface area contributed by atoms with E-state index >= 15 is 0 Å². The van der Waals surface area contributed by atoms with E-state index < -0.39 is 6.10 Å². The maximum Gasteiger partial charge on any atom is 0.255 e. The number of β-lactam (4-membered cyclic amide) rings is 1. The maximum atomic E-state index is 12.3. The van der Waals surface area contributed by atoms with Gasteiger partial charge in [0, 0.05) is 44.1 Å². The van der Waals surface area contributed by atoms with E-state index in [-0.39, 0.29) is 62.1 Å². The smallest absolute Gasteiger partial charge is 0.255 e. The van der Waals surface area contributed by atoms with E-state index in [2.05, 4.69) is 6.92 Å². The molecule has 24 heavy (non-hydrogen) atoms. The van der Waals surface area contributed by atoms with E-state index in [1.165, 1.54) is 0 Å². The summed E-state index contributed by atoms with van der Waals surface area (Å²) in [7, 11) is 1.63. The summed E-state index contributed by atoms with van der Waals surface area (Å²) in [6.07, 6.45) is -0.168. The summed E-state index contributed by atoms with van der Waals surface area (Å²) in [6.45, 7) is 2.05. The van der Waals surface area contributed by atoms with E-state index in [4.69, 9.17) is 4.74 Å². The number of amides is 1. The Labute approximate surface area is 178 Å². The van der Waals surface area contributed by atoms with Crippen molar-refractivity contribution in [3.8, 4) is 5.75 Å². The first-order valence-electron chi connectivity index (χ1n) is 7.86. The monoisotopic (exact) mass is 538 g/mol. The number of hydrogen-bond acceptors (Lipinski definition) is 3. The predicted molar refractivity (Wildman–Crippen MR) is 88.1 cm³/mol. The summed E-state index contributed by atoms with van der Waals surface area (Å²) in [5, 5.41) is 10.2. The van der Waals surface area contributed by atoms with Gasteiger partial charge in [0.25, 0.3) is 5.91 Å². The van der Waals surface area contributed by atoms with Crippen LogP contribution in [-0.4, -0.2) is 29.1 Å². The average molecular weight is 538 g/mol. The van der Waals surface area contributed by atoms with Gasteiger partial charge in [0.05, 0.1) is 19.2 Å². The summed E-state index contributed by atoms with van der Waals surface area (Å²) in [4.78, 5) is 14.1. The number of likely N-dealkylation sites (tertiary alicyclic amines) is 1. The molecule has 2 aromatic carbocycles. The first kappa shape index (κ1) is 19.4. The third-order valence-electron chi connectivity index (χ3n) is 4.47. The molecular formula is C19H21AcNO3. The number of aliphatic hydroxyl groups excluding tert-OH is 1. The molecule has 3 atom stereocenters. The molecule has 0 aliphatic carbocycles. The van der Waals surface area contributed by atoms with Gasteiger partial charge in [-0.1, -0.05) is 49.4 Å². The number of aliphatic hydroxyl groups is 1. The van der Waals surface area contributed by atoms with Crippen LogP contribution in [0.1, 0.15) is 36.6 Å². The molecule has 1 heterocycles. The zero-order valence-electron chi connectivity index (χ0n) is 13.9. The number of carbonyl (C=O) groups is 1. The van der Waals surface area contributed by atoms with Gasteiger partial charge in [-0.15, -0.1) is 0 Å². The van der Waals surface area contributed by atoms with Crippen molar-refractivity contribution < 1.29 is 58.7 Å². The van der Waals surface area contributed by atoms with Gasteiger partial charge in [0.15, 0.2) is 6.10 Å². The molecule has 1 saturated heterocycles. The minimum Gasteiger partial charge on any atom is -0.497 e. The number of rotatable bonds is 5. The number of carbonyl (C=O) groups excluding carboxylic acids is 1. The van der Waals surface area contributed by atoms with Crippen LogP contribution in [-0.2, 0) is 4.79 Å². The van der Waals surface area contributed by atoms with Crippen LogP contribution in [0.15, 0.2) is 54.6 Å². The molecule has 1 fully saturated rings. The third-order valence-corrected chi connectivity index (χ3v) is 4.47. The summed E-state index contributed by atoms with van der Waals surface area (Å²) >= 11 is 0. The molecule has 4 nitrogen and oxygen atoms in total. The molecule has 3 rings (SSSR count). The van der Waals surface area contributed by atoms with Crippen LogP contribution in [0.4, 0.5) is 0 Å². The second-order valence-corrected chi connectivity index (χ2v) is 5.74. The van der Waals surface area contributed by atoms with Crippen molar-refractivity contribution in [1.82, 2.24) is 4.90 Å². The molecule has 0 saturated carbocycles. The normalized spacial score (nSPS) is 20.8. The summed E-state index contributed by atoms with van der Waals surface area (Å²) in [5.74, 6) is 0.583. The van der Waals surface area contributed by atoms with Crippen molar-refractivity contribution in [2.45, 2.75) is 31.5 Å². The van der Waals surface area contributed by atoms with E-state index in [0.29, 0.717) is 0 Å². The molecule has 1 amide bonds. The zero-order valence-corrected chi connectivity index (χ0v) is 18.7. The fourth-order valence-corrected chi connectivity index (χ4v) is 3.25. The largest absolute Gasteiger partial charge is 0.497 e. The Balaban J connectivity index is 0.00000208. The van der Waals surface area contributed by atoms with Crippen LogP contribution in [0.2, 0.25) is 0 Å². The SMILES string of the molecule is CC[C@@H](c1ccc(OC)cc1)N1C(=O)C(O)C1c1ccccc1.[Ac]. The Morgan fingerprint density at radius 3 is 2.29 bits per heavy atom. The molecule has 0 spiro atoms. The van der Waals surface area contributed by atoms with Crippen molar-refractivity contribution >= 4 is 5.91 Å². The third kappa shape index (κ3) is 3.54. The minimum absolute atomic E-state index is 0. The van der Waals surface area contributed by atoms with Crippen LogP contribution < -0.4 is 4.74 Å². The molecule has 123 valence electrons. The van der Waals surface area contributed by atoms with Crippen molar-refractivity contribution in [2.75, 3.05) is 7.11 Å². The second-order valence-electron chi connectivity index (χ2n) is 5.74. The fourth-order valence-electron chi connectivity index (χ4n) is 3.25. The summed E-state index contributed by atoms with van der Waals surface area (Å²) in [5.41, 5.74) is 2.01. The van der Waals surface area contributed by atoms with E-state index in [9.17, 15) is 9.90 Å². The van der Waals surface area contributed by atoms with Crippen LogP contribution in [0.25, 0.3) is 0 Å². The van der Waals surface area contributed by atoms with Crippen LogP contribution in [0.3, 0.4) is 0 Å². The van der Waals surface area contributed by atoms with Crippen molar-refractivity contribution in [3.63, 3.8) is 0 Å². The number of benzene rings is 2. The predicted octanol–water partition coefficient (Wildman–Crippen LogP) is 3.09. The molecule has 1 aliphatic rings. The van der Waals surface area contributed by atoms with Gasteiger partial charge < -0.3 is 14.7 Å². The summed E-state index contributed by atoms with van der Waals surface area (Å²) < 4.78 is 5.19. The van der Waals surface area contributed by atoms with Crippen molar-refractivity contribution in [3.05, 3.63) is 65.7 Å². The number of hydrogen-bond donors (Lipinski definition) is 1.